The van der Waals surface area contributed by atoms with E-state index in [4.69, 9.17) is 11.6 Å². The maximum absolute atomic E-state index is 6.36. The van der Waals surface area contributed by atoms with Crippen molar-refractivity contribution in [2.75, 3.05) is 18.5 Å². The Morgan fingerprint density at radius 3 is 2.84 bits per heavy atom. The van der Waals surface area contributed by atoms with Gasteiger partial charge < -0.3 is 4.90 Å². The molecule has 0 unspecified atom stereocenters. The highest BCUT2D eigenvalue weighted by atomic mass is 35.5. The van der Waals surface area contributed by atoms with Crippen molar-refractivity contribution < 1.29 is 0 Å². The molecule has 2 aliphatic heterocycles. The van der Waals surface area contributed by atoms with Crippen LogP contribution in [-0.2, 0) is 6.54 Å². The first-order valence-corrected chi connectivity index (χ1v) is 9.16. The number of benzene rings is 2. The van der Waals surface area contributed by atoms with Crippen molar-refractivity contribution in [3.63, 3.8) is 0 Å². The molecule has 0 aliphatic carbocycles. The lowest BCUT2D eigenvalue weighted by Gasteiger charge is -2.29. The number of aliphatic imine (C=N–C) groups is 1. The third-order valence-electron chi connectivity index (χ3n) is 5.05. The summed E-state index contributed by atoms with van der Waals surface area (Å²) in [7, 11) is 2.17. The highest BCUT2D eigenvalue weighted by Gasteiger charge is 2.21. The number of rotatable bonds is 2. The summed E-state index contributed by atoms with van der Waals surface area (Å²) in [4.78, 5) is 7.01. The van der Waals surface area contributed by atoms with Crippen LogP contribution in [0, 0.1) is 0 Å². The maximum Gasteiger partial charge on any atom is 0.0793 e. The van der Waals surface area contributed by atoms with Gasteiger partial charge in [-0.2, -0.15) is 0 Å². The average molecular weight is 352 g/mol. The van der Waals surface area contributed by atoms with Crippen LogP contribution >= 0.6 is 11.6 Å². The van der Waals surface area contributed by atoms with E-state index >= 15 is 0 Å². The van der Waals surface area contributed by atoms with Crippen LogP contribution in [0.15, 0.2) is 41.4 Å². The lowest BCUT2D eigenvalue weighted by molar-refractivity contribution is 0.593. The molecular formula is C21H22ClN3. The molecular weight excluding hydrogens is 330 g/mol. The molecule has 2 aromatic rings. The van der Waals surface area contributed by atoms with Gasteiger partial charge in [-0.15, -0.1) is 0 Å². The minimum atomic E-state index is 0.401. The van der Waals surface area contributed by atoms with Gasteiger partial charge in [-0.05, 0) is 42.6 Å². The molecule has 0 bridgehead atoms. The Kier molecular flexibility index (Phi) is 4.60. The lowest BCUT2D eigenvalue weighted by Crippen LogP contribution is -2.39. The monoisotopic (exact) mass is 351 g/mol. The van der Waals surface area contributed by atoms with Crippen molar-refractivity contribution in [1.82, 2.24) is 5.32 Å². The molecule has 1 saturated heterocycles. The zero-order chi connectivity index (χ0) is 17.2. The molecule has 25 heavy (non-hydrogen) atoms. The SMILES string of the molecule is CN(c1cccc2c1C=Cc1cccc(Cl)c1C=NC2)[C@@H]1CCCN1. The molecule has 2 aliphatic rings. The van der Waals surface area contributed by atoms with E-state index in [1.807, 2.05) is 18.3 Å². The average Bonchev–Trinajstić information content (AvgIpc) is 3.17. The Hall–Kier alpha value is -2.10. The number of hydrogen-bond donors (Lipinski definition) is 1. The van der Waals surface area contributed by atoms with E-state index in [0.29, 0.717) is 12.7 Å². The number of anilines is 1. The fourth-order valence-electron chi connectivity index (χ4n) is 3.65. The van der Waals surface area contributed by atoms with Gasteiger partial charge >= 0.3 is 0 Å². The highest BCUT2D eigenvalue weighted by Crippen LogP contribution is 2.30. The van der Waals surface area contributed by atoms with E-state index in [1.54, 1.807) is 0 Å². The van der Waals surface area contributed by atoms with Gasteiger partial charge in [-0.3, -0.25) is 10.3 Å². The summed E-state index contributed by atoms with van der Waals surface area (Å²) in [6.45, 7) is 1.75. The van der Waals surface area contributed by atoms with E-state index < -0.39 is 0 Å². The number of hydrogen-bond acceptors (Lipinski definition) is 3. The quantitative estimate of drug-likeness (QED) is 0.857. The molecule has 2 aromatic carbocycles. The number of halogens is 1. The lowest BCUT2D eigenvalue weighted by atomic mass is 10.0. The van der Waals surface area contributed by atoms with Gasteiger partial charge in [0.25, 0.3) is 0 Å². The van der Waals surface area contributed by atoms with Gasteiger partial charge in [0.05, 0.1) is 12.7 Å². The third kappa shape index (κ3) is 3.22. The Morgan fingerprint density at radius 2 is 2.00 bits per heavy atom. The van der Waals surface area contributed by atoms with Crippen LogP contribution in [0.25, 0.3) is 12.2 Å². The summed E-state index contributed by atoms with van der Waals surface area (Å²) >= 11 is 6.36. The molecule has 3 nitrogen and oxygen atoms in total. The van der Waals surface area contributed by atoms with E-state index in [-0.39, 0.29) is 0 Å². The van der Waals surface area contributed by atoms with Gasteiger partial charge in [-0.25, -0.2) is 0 Å². The second kappa shape index (κ2) is 7.03. The molecule has 4 rings (SSSR count). The summed E-state index contributed by atoms with van der Waals surface area (Å²) in [6, 6.07) is 12.5. The standard InChI is InChI=1S/C21H22ClN3/c1-25(21-9-4-12-24-21)20-8-3-6-16-13-23-14-18-15(10-11-17(16)20)5-2-7-19(18)22/h2-3,5-8,10-11,14,21,24H,4,9,12-13H2,1H3/t21-/m1/s1. The second-order valence-electron chi connectivity index (χ2n) is 6.62. The summed E-state index contributed by atoms with van der Waals surface area (Å²) in [5.41, 5.74) is 5.80. The molecule has 2 heterocycles. The van der Waals surface area contributed by atoms with Crippen LogP contribution in [0.1, 0.15) is 35.1 Å². The first-order valence-electron chi connectivity index (χ1n) is 8.78. The predicted octanol–water partition coefficient (Wildman–Crippen LogP) is 4.59. The van der Waals surface area contributed by atoms with Crippen molar-refractivity contribution in [3.8, 4) is 0 Å². The van der Waals surface area contributed by atoms with Crippen molar-refractivity contribution in [1.29, 1.82) is 0 Å². The molecule has 0 amide bonds. The normalized spacial score (nSPS) is 18.9. The van der Waals surface area contributed by atoms with Crippen LogP contribution < -0.4 is 10.2 Å². The molecule has 128 valence electrons. The summed E-state index contributed by atoms with van der Waals surface area (Å²) in [5.74, 6) is 0. The van der Waals surface area contributed by atoms with Crippen LogP contribution in [0.2, 0.25) is 5.02 Å². The van der Waals surface area contributed by atoms with Crippen molar-refractivity contribution in [3.05, 3.63) is 63.7 Å². The number of nitrogens with one attached hydrogen (secondary N) is 1. The summed E-state index contributed by atoms with van der Waals surface area (Å²) in [6.07, 6.45) is 9.07. The number of nitrogens with zero attached hydrogens (tertiary/aromatic N) is 2. The highest BCUT2D eigenvalue weighted by molar-refractivity contribution is 6.33. The zero-order valence-electron chi connectivity index (χ0n) is 14.4. The Balaban J connectivity index is 1.79. The maximum atomic E-state index is 6.36. The fourth-order valence-corrected chi connectivity index (χ4v) is 3.88. The van der Waals surface area contributed by atoms with Crippen molar-refractivity contribution >= 4 is 35.7 Å². The first kappa shape index (κ1) is 16.4. The van der Waals surface area contributed by atoms with Crippen LogP contribution in [0.5, 0.6) is 0 Å². The van der Waals surface area contributed by atoms with E-state index in [1.165, 1.54) is 29.7 Å². The molecule has 1 fully saturated rings. The van der Waals surface area contributed by atoms with Gasteiger partial charge in [0.2, 0.25) is 0 Å². The van der Waals surface area contributed by atoms with Gasteiger partial charge in [0.1, 0.15) is 0 Å². The molecule has 1 atom stereocenters. The molecule has 0 saturated carbocycles. The molecule has 0 radical (unpaired) electrons. The molecule has 4 heteroatoms. The molecule has 0 spiro atoms. The second-order valence-corrected chi connectivity index (χ2v) is 7.03. The fraction of sp³-hybridized carbons (Fsp3) is 0.286. The van der Waals surface area contributed by atoms with Crippen molar-refractivity contribution in [2.45, 2.75) is 25.6 Å². The van der Waals surface area contributed by atoms with Gasteiger partial charge in [0, 0.05) is 35.1 Å². The van der Waals surface area contributed by atoms with Crippen molar-refractivity contribution in [2.24, 2.45) is 4.99 Å². The summed E-state index contributed by atoms with van der Waals surface area (Å²) < 4.78 is 0. The van der Waals surface area contributed by atoms with Gasteiger partial charge in [0.15, 0.2) is 0 Å². The topological polar surface area (TPSA) is 27.6 Å². The predicted molar refractivity (Wildman–Crippen MR) is 108 cm³/mol. The van der Waals surface area contributed by atoms with Crippen LogP contribution in [0.4, 0.5) is 5.69 Å². The van der Waals surface area contributed by atoms with E-state index in [9.17, 15) is 0 Å². The minimum absolute atomic E-state index is 0.401. The smallest absolute Gasteiger partial charge is 0.0793 e. The number of fused-ring (bicyclic) bond motifs is 2. The molecule has 1 N–H and O–H groups in total. The van der Waals surface area contributed by atoms with E-state index in [0.717, 1.165) is 22.7 Å². The minimum Gasteiger partial charge on any atom is -0.359 e. The molecule has 0 aromatic heterocycles. The largest absolute Gasteiger partial charge is 0.359 e. The third-order valence-corrected chi connectivity index (χ3v) is 5.38. The van der Waals surface area contributed by atoms with E-state index in [2.05, 4.69) is 58.7 Å². The van der Waals surface area contributed by atoms with Crippen LogP contribution in [0.3, 0.4) is 0 Å². The van der Waals surface area contributed by atoms with Crippen LogP contribution in [-0.4, -0.2) is 26.0 Å². The summed E-state index contributed by atoms with van der Waals surface area (Å²) in [5, 5.41) is 4.32. The van der Waals surface area contributed by atoms with Gasteiger partial charge in [-0.1, -0.05) is 48.0 Å². The Morgan fingerprint density at radius 1 is 1.12 bits per heavy atom. The Bertz CT molecular complexity index is 835. The Labute approximate surface area is 154 Å². The zero-order valence-corrected chi connectivity index (χ0v) is 15.1. The first-order chi connectivity index (χ1) is 12.2.